The Morgan fingerprint density at radius 2 is 1.95 bits per heavy atom. The predicted octanol–water partition coefficient (Wildman–Crippen LogP) is 1.50. The van der Waals surface area contributed by atoms with E-state index in [1.807, 2.05) is 0 Å². The lowest BCUT2D eigenvalue weighted by atomic mass is 10.0. The summed E-state index contributed by atoms with van der Waals surface area (Å²) in [6.45, 7) is 1.28. The van der Waals surface area contributed by atoms with Gasteiger partial charge in [0.15, 0.2) is 17.3 Å². The van der Waals surface area contributed by atoms with Crippen LogP contribution in [0.25, 0.3) is 17.0 Å². The van der Waals surface area contributed by atoms with Gasteiger partial charge in [-0.25, -0.2) is 4.79 Å². The Bertz CT molecular complexity index is 843. The molecule has 0 unspecified atom stereocenters. The Labute approximate surface area is 117 Å². The third kappa shape index (κ3) is 2.48. The molecular formula is C14H10O7. The van der Waals surface area contributed by atoms with E-state index >= 15 is 0 Å². The Hall–Kier alpha value is -3.09. The van der Waals surface area contributed by atoms with Crippen LogP contribution >= 0.6 is 0 Å². The molecule has 0 bridgehead atoms. The quantitative estimate of drug-likeness (QED) is 0.577. The van der Waals surface area contributed by atoms with Crippen LogP contribution in [0.4, 0.5) is 0 Å². The van der Waals surface area contributed by atoms with Crippen molar-refractivity contribution in [3.05, 3.63) is 39.8 Å². The van der Waals surface area contributed by atoms with Crippen LogP contribution in [0.5, 0.6) is 11.5 Å². The van der Waals surface area contributed by atoms with E-state index in [0.29, 0.717) is 0 Å². The van der Waals surface area contributed by atoms with Gasteiger partial charge in [-0.1, -0.05) is 0 Å². The second kappa shape index (κ2) is 5.12. The number of carbonyl (C=O) groups excluding carboxylic acids is 1. The second-order valence-corrected chi connectivity index (χ2v) is 4.26. The SMILES string of the molecule is CC(=O)/C=C/c1coc2cc(O)c(O)c(C(=O)O)c2c1=O. The number of ketones is 1. The number of benzene rings is 1. The summed E-state index contributed by atoms with van der Waals surface area (Å²) in [5.74, 6) is -3.53. The summed E-state index contributed by atoms with van der Waals surface area (Å²) in [5.41, 5.74) is -1.73. The first kappa shape index (κ1) is 14.3. The van der Waals surface area contributed by atoms with Crippen molar-refractivity contribution < 1.29 is 29.3 Å². The Morgan fingerprint density at radius 1 is 1.29 bits per heavy atom. The Morgan fingerprint density at radius 3 is 2.52 bits per heavy atom. The number of rotatable bonds is 3. The van der Waals surface area contributed by atoms with Gasteiger partial charge in [0.2, 0.25) is 5.43 Å². The number of carboxylic acid groups (broad SMARTS) is 1. The highest BCUT2D eigenvalue weighted by molar-refractivity contribution is 6.06. The second-order valence-electron chi connectivity index (χ2n) is 4.26. The van der Waals surface area contributed by atoms with E-state index in [4.69, 9.17) is 9.52 Å². The van der Waals surface area contributed by atoms with Crippen molar-refractivity contribution in [2.45, 2.75) is 6.92 Å². The number of aromatic carboxylic acids is 1. The minimum atomic E-state index is -1.59. The number of phenols is 2. The van der Waals surface area contributed by atoms with Crippen LogP contribution in [0.1, 0.15) is 22.8 Å². The minimum Gasteiger partial charge on any atom is -0.504 e. The predicted molar refractivity (Wildman–Crippen MR) is 72.5 cm³/mol. The summed E-state index contributed by atoms with van der Waals surface area (Å²) in [7, 11) is 0. The van der Waals surface area contributed by atoms with E-state index in [-0.39, 0.29) is 22.3 Å². The van der Waals surface area contributed by atoms with Gasteiger partial charge in [-0.3, -0.25) is 9.59 Å². The van der Waals surface area contributed by atoms with E-state index in [1.54, 1.807) is 0 Å². The number of carbonyl (C=O) groups is 2. The molecule has 0 spiro atoms. The monoisotopic (exact) mass is 290 g/mol. The number of allylic oxidation sites excluding steroid dienone is 1. The van der Waals surface area contributed by atoms with Crippen LogP contribution < -0.4 is 5.43 Å². The van der Waals surface area contributed by atoms with Crippen molar-refractivity contribution in [1.29, 1.82) is 0 Å². The molecule has 3 N–H and O–H groups in total. The standard InChI is InChI=1S/C14H10O7/c1-6(15)2-3-7-5-21-9-4-8(16)13(18)11(14(19)20)10(9)12(7)17/h2-5,16,18H,1H3,(H,19,20)/b3-2+. The third-order valence-corrected chi connectivity index (χ3v) is 2.76. The van der Waals surface area contributed by atoms with Gasteiger partial charge in [0.05, 0.1) is 10.9 Å². The molecule has 108 valence electrons. The molecule has 0 amide bonds. The molecule has 7 nitrogen and oxygen atoms in total. The van der Waals surface area contributed by atoms with Crippen molar-refractivity contribution in [2.24, 2.45) is 0 Å². The molecule has 1 heterocycles. The molecular weight excluding hydrogens is 280 g/mol. The molecule has 0 aliphatic carbocycles. The number of hydrogen-bond donors (Lipinski definition) is 3. The maximum Gasteiger partial charge on any atom is 0.340 e. The van der Waals surface area contributed by atoms with Crippen molar-refractivity contribution in [2.75, 3.05) is 0 Å². The number of fused-ring (bicyclic) bond motifs is 1. The maximum absolute atomic E-state index is 12.3. The molecule has 2 rings (SSSR count). The number of carboxylic acids is 1. The van der Waals surface area contributed by atoms with E-state index < -0.39 is 28.5 Å². The van der Waals surface area contributed by atoms with Gasteiger partial charge in [0.25, 0.3) is 0 Å². The number of aromatic hydroxyl groups is 2. The first-order valence-corrected chi connectivity index (χ1v) is 5.75. The largest absolute Gasteiger partial charge is 0.504 e. The molecule has 1 aromatic heterocycles. The summed E-state index contributed by atoms with van der Waals surface area (Å²) in [6, 6.07) is 0.941. The number of hydrogen-bond acceptors (Lipinski definition) is 6. The van der Waals surface area contributed by atoms with Crippen LogP contribution in [0.15, 0.2) is 27.6 Å². The van der Waals surface area contributed by atoms with Gasteiger partial charge in [-0.2, -0.15) is 0 Å². The third-order valence-electron chi connectivity index (χ3n) is 2.76. The summed E-state index contributed by atoms with van der Waals surface area (Å²) < 4.78 is 5.09. The first-order valence-electron chi connectivity index (χ1n) is 5.75. The first-order chi connectivity index (χ1) is 9.82. The van der Waals surface area contributed by atoms with E-state index in [0.717, 1.165) is 18.4 Å². The fraction of sp³-hybridized carbons (Fsp3) is 0.0714. The van der Waals surface area contributed by atoms with Crippen molar-refractivity contribution in [1.82, 2.24) is 0 Å². The minimum absolute atomic E-state index is 0.0507. The fourth-order valence-electron chi connectivity index (χ4n) is 1.81. The summed E-state index contributed by atoms with van der Waals surface area (Å²) in [5, 5.41) is 27.8. The summed E-state index contributed by atoms with van der Waals surface area (Å²) in [4.78, 5) is 34.3. The smallest absolute Gasteiger partial charge is 0.340 e. The van der Waals surface area contributed by atoms with Crippen LogP contribution in [0.2, 0.25) is 0 Å². The average molecular weight is 290 g/mol. The summed E-state index contributed by atoms with van der Waals surface area (Å²) in [6.07, 6.45) is 3.34. The molecule has 0 aliphatic rings. The van der Waals surface area contributed by atoms with Gasteiger partial charge in [0.1, 0.15) is 17.4 Å². The molecule has 0 saturated heterocycles. The highest BCUT2D eigenvalue weighted by Crippen LogP contribution is 2.34. The van der Waals surface area contributed by atoms with Gasteiger partial charge >= 0.3 is 5.97 Å². The van der Waals surface area contributed by atoms with Crippen molar-refractivity contribution in [3.8, 4) is 11.5 Å². The molecule has 0 fully saturated rings. The van der Waals surface area contributed by atoms with E-state index in [2.05, 4.69) is 0 Å². The normalized spacial score (nSPS) is 11.1. The molecule has 21 heavy (non-hydrogen) atoms. The van der Waals surface area contributed by atoms with Gasteiger partial charge in [-0.05, 0) is 19.1 Å². The van der Waals surface area contributed by atoms with E-state index in [9.17, 15) is 24.6 Å². The summed E-state index contributed by atoms with van der Waals surface area (Å²) >= 11 is 0. The zero-order valence-corrected chi connectivity index (χ0v) is 10.8. The molecule has 0 radical (unpaired) electrons. The highest BCUT2D eigenvalue weighted by Gasteiger charge is 2.22. The molecule has 0 atom stereocenters. The van der Waals surface area contributed by atoms with Gasteiger partial charge in [0, 0.05) is 6.07 Å². The molecule has 2 aromatic rings. The number of phenolic OH excluding ortho intramolecular Hbond substituents is 1. The molecule has 1 aromatic carbocycles. The maximum atomic E-state index is 12.3. The van der Waals surface area contributed by atoms with Gasteiger partial charge < -0.3 is 19.7 Å². The van der Waals surface area contributed by atoms with Crippen molar-refractivity contribution in [3.63, 3.8) is 0 Å². The van der Waals surface area contributed by atoms with Crippen LogP contribution in [0.3, 0.4) is 0 Å². The lowest BCUT2D eigenvalue weighted by molar-refractivity contribution is -0.112. The molecule has 0 aliphatic heterocycles. The zero-order chi connectivity index (χ0) is 15.7. The Balaban J connectivity index is 2.89. The van der Waals surface area contributed by atoms with Crippen LogP contribution in [-0.4, -0.2) is 27.1 Å². The molecule has 7 heteroatoms. The van der Waals surface area contributed by atoms with Crippen molar-refractivity contribution >= 4 is 28.8 Å². The molecule has 0 saturated carbocycles. The lowest BCUT2D eigenvalue weighted by Gasteiger charge is -2.06. The van der Waals surface area contributed by atoms with E-state index in [1.165, 1.54) is 13.0 Å². The van der Waals surface area contributed by atoms with Gasteiger partial charge in [-0.15, -0.1) is 0 Å². The fourth-order valence-corrected chi connectivity index (χ4v) is 1.81. The van der Waals surface area contributed by atoms with Crippen LogP contribution in [0, 0.1) is 0 Å². The topological polar surface area (TPSA) is 125 Å². The lowest BCUT2D eigenvalue weighted by Crippen LogP contribution is -2.11. The highest BCUT2D eigenvalue weighted by atomic mass is 16.4. The zero-order valence-electron chi connectivity index (χ0n) is 10.8. The average Bonchev–Trinajstić information content (AvgIpc) is 2.39. The Kier molecular flexibility index (Phi) is 3.49. The van der Waals surface area contributed by atoms with Crippen LogP contribution in [-0.2, 0) is 4.79 Å².